The highest BCUT2D eigenvalue weighted by Crippen LogP contribution is 2.20. The SMILES string of the molecule is C#CC[n+]1ccccc1CCc1ccccc1.O=S(=O)([O-])C(F)(F)F. The molecule has 0 aliphatic heterocycles. The van der Waals surface area contributed by atoms with Gasteiger partial charge in [-0.1, -0.05) is 36.4 Å². The zero-order valence-corrected chi connectivity index (χ0v) is 13.9. The van der Waals surface area contributed by atoms with Gasteiger partial charge >= 0.3 is 5.51 Å². The maximum absolute atomic E-state index is 10.7. The molecule has 0 spiro atoms. The molecule has 8 heteroatoms. The Balaban J connectivity index is 0.000000333. The molecule has 1 heterocycles. The molecule has 25 heavy (non-hydrogen) atoms. The van der Waals surface area contributed by atoms with Gasteiger partial charge in [0.1, 0.15) is 0 Å². The van der Waals surface area contributed by atoms with Gasteiger partial charge in [0.2, 0.25) is 6.54 Å². The number of alkyl halides is 3. The fourth-order valence-corrected chi connectivity index (χ4v) is 1.91. The van der Waals surface area contributed by atoms with Crippen LogP contribution in [0.25, 0.3) is 0 Å². The lowest BCUT2D eigenvalue weighted by Crippen LogP contribution is -2.37. The molecule has 0 bridgehead atoms. The molecule has 0 N–H and O–H groups in total. The number of aryl methyl sites for hydroxylation is 2. The summed E-state index contributed by atoms with van der Waals surface area (Å²) in [6.45, 7) is 0.644. The number of hydrogen-bond acceptors (Lipinski definition) is 3. The molecular formula is C17H16F3NO3S. The molecule has 0 saturated carbocycles. The predicted octanol–water partition coefficient (Wildman–Crippen LogP) is 2.44. The van der Waals surface area contributed by atoms with Crippen molar-refractivity contribution in [3.63, 3.8) is 0 Å². The fraction of sp³-hybridized carbons (Fsp3) is 0.235. The Morgan fingerprint density at radius 2 is 1.60 bits per heavy atom. The summed E-state index contributed by atoms with van der Waals surface area (Å²) in [6.07, 6.45) is 9.48. The molecule has 0 unspecified atom stereocenters. The molecule has 0 saturated heterocycles. The first-order chi connectivity index (χ1) is 11.6. The molecule has 0 aliphatic carbocycles. The Bertz CT molecular complexity index is 813. The van der Waals surface area contributed by atoms with Crippen molar-refractivity contribution in [2.45, 2.75) is 24.9 Å². The third kappa shape index (κ3) is 7.37. The van der Waals surface area contributed by atoms with Crippen LogP contribution in [-0.4, -0.2) is 18.5 Å². The molecule has 4 nitrogen and oxygen atoms in total. The molecule has 0 fully saturated rings. The molecule has 134 valence electrons. The van der Waals surface area contributed by atoms with Crippen LogP contribution in [0.15, 0.2) is 54.7 Å². The van der Waals surface area contributed by atoms with Crippen LogP contribution >= 0.6 is 0 Å². The van der Waals surface area contributed by atoms with E-state index in [0.717, 1.165) is 12.8 Å². The van der Waals surface area contributed by atoms with Crippen LogP contribution in [0.1, 0.15) is 11.3 Å². The van der Waals surface area contributed by atoms with Gasteiger partial charge in [-0.25, -0.2) is 8.42 Å². The lowest BCUT2D eigenvalue weighted by Gasteiger charge is -2.08. The van der Waals surface area contributed by atoms with Crippen LogP contribution in [0, 0.1) is 12.3 Å². The van der Waals surface area contributed by atoms with E-state index in [1.54, 1.807) is 0 Å². The summed E-state index contributed by atoms with van der Waals surface area (Å²) in [5.41, 5.74) is -2.99. The third-order valence-corrected chi connectivity index (χ3v) is 3.66. The van der Waals surface area contributed by atoms with E-state index in [1.807, 2.05) is 18.3 Å². The number of hydrogen-bond donors (Lipinski definition) is 0. The van der Waals surface area contributed by atoms with E-state index in [0.29, 0.717) is 6.54 Å². The zero-order chi connectivity index (χ0) is 18.9. The van der Waals surface area contributed by atoms with E-state index in [4.69, 9.17) is 19.4 Å². The third-order valence-electron chi connectivity index (χ3n) is 3.09. The highest BCUT2D eigenvalue weighted by atomic mass is 32.2. The van der Waals surface area contributed by atoms with E-state index in [-0.39, 0.29) is 0 Å². The van der Waals surface area contributed by atoms with Crippen molar-refractivity contribution in [2.24, 2.45) is 0 Å². The van der Waals surface area contributed by atoms with E-state index in [9.17, 15) is 13.2 Å². The van der Waals surface area contributed by atoms with Crippen molar-refractivity contribution in [1.29, 1.82) is 0 Å². The second kappa shape index (κ2) is 9.20. The minimum Gasteiger partial charge on any atom is -0.741 e. The van der Waals surface area contributed by atoms with E-state index in [2.05, 4.69) is 46.9 Å². The first-order valence-corrected chi connectivity index (χ1v) is 8.53. The largest absolute Gasteiger partial charge is 0.741 e. The van der Waals surface area contributed by atoms with E-state index >= 15 is 0 Å². The minimum absolute atomic E-state index is 0.644. The van der Waals surface area contributed by atoms with Crippen LogP contribution in [0.3, 0.4) is 0 Å². The summed E-state index contributed by atoms with van der Waals surface area (Å²) in [5, 5.41) is 0. The van der Waals surface area contributed by atoms with Gasteiger partial charge in [-0.3, -0.25) is 0 Å². The second-order valence-electron chi connectivity index (χ2n) is 4.91. The van der Waals surface area contributed by atoms with Crippen LogP contribution in [0.2, 0.25) is 0 Å². The van der Waals surface area contributed by atoms with E-state index < -0.39 is 15.6 Å². The lowest BCUT2D eigenvalue weighted by atomic mass is 10.1. The van der Waals surface area contributed by atoms with Gasteiger partial charge in [-0.2, -0.15) is 17.7 Å². The molecular weight excluding hydrogens is 355 g/mol. The predicted molar refractivity (Wildman–Crippen MR) is 85.1 cm³/mol. The summed E-state index contributed by atoms with van der Waals surface area (Å²) in [4.78, 5) is 0. The first kappa shape index (κ1) is 20.7. The molecule has 1 aromatic carbocycles. The second-order valence-corrected chi connectivity index (χ2v) is 6.28. The Morgan fingerprint density at radius 1 is 1.04 bits per heavy atom. The Labute approximate surface area is 144 Å². The van der Waals surface area contributed by atoms with Crippen LogP contribution < -0.4 is 4.57 Å². The van der Waals surface area contributed by atoms with Crippen molar-refractivity contribution in [2.75, 3.05) is 0 Å². The van der Waals surface area contributed by atoms with Crippen LogP contribution in [0.5, 0.6) is 0 Å². The average molecular weight is 371 g/mol. The van der Waals surface area contributed by atoms with Crippen molar-refractivity contribution in [1.82, 2.24) is 0 Å². The Morgan fingerprint density at radius 3 is 2.12 bits per heavy atom. The molecule has 1 aromatic heterocycles. The highest BCUT2D eigenvalue weighted by molar-refractivity contribution is 7.86. The van der Waals surface area contributed by atoms with Gasteiger partial charge in [0.15, 0.2) is 22.0 Å². The number of benzene rings is 1. The normalized spacial score (nSPS) is 11.2. The van der Waals surface area contributed by atoms with Gasteiger partial charge in [0.25, 0.3) is 0 Å². The Kier molecular flexibility index (Phi) is 7.61. The first-order valence-electron chi connectivity index (χ1n) is 7.12. The number of aromatic nitrogens is 1. The van der Waals surface area contributed by atoms with Gasteiger partial charge in [0, 0.05) is 18.6 Å². The summed E-state index contributed by atoms with van der Waals surface area (Å²) >= 11 is 0. The standard InChI is InChI=1S/C16H16N.CHF3O3S/c1-2-13-17-14-7-6-10-16(17)12-11-15-8-4-3-5-9-15;2-1(3,4)8(5,6)7/h1,3-10,14H,11-13H2;(H,5,6,7)/q+1;/p-1. The van der Waals surface area contributed by atoms with Crippen LogP contribution in [-0.2, 0) is 29.5 Å². The van der Waals surface area contributed by atoms with Crippen molar-refractivity contribution >= 4 is 10.1 Å². The molecule has 0 radical (unpaired) electrons. The topological polar surface area (TPSA) is 61.1 Å². The molecule has 2 rings (SSSR count). The summed E-state index contributed by atoms with van der Waals surface area (Å²) < 4.78 is 61.0. The Hall–Kier alpha value is -2.37. The summed E-state index contributed by atoms with van der Waals surface area (Å²) in [6, 6.07) is 16.7. The van der Waals surface area contributed by atoms with Crippen LogP contribution in [0.4, 0.5) is 13.2 Å². The fourth-order valence-electron chi connectivity index (χ4n) is 1.91. The molecule has 0 amide bonds. The van der Waals surface area contributed by atoms with Gasteiger partial charge < -0.3 is 4.55 Å². The minimum atomic E-state index is -6.09. The molecule has 0 aliphatic rings. The number of nitrogens with zero attached hydrogens (tertiary/aromatic N) is 1. The number of halogens is 3. The maximum atomic E-state index is 10.7. The highest BCUT2D eigenvalue weighted by Gasteiger charge is 2.36. The quantitative estimate of drug-likeness (QED) is 0.359. The average Bonchev–Trinajstić information content (AvgIpc) is 2.54. The maximum Gasteiger partial charge on any atom is 0.485 e. The lowest BCUT2D eigenvalue weighted by molar-refractivity contribution is -0.692. The monoisotopic (exact) mass is 371 g/mol. The van der Waals surface area contributed by atoms with Gasteiger partial charge in [-0.05, 0) is 17.9 Å². The summed E-state index contributed by atoms with van der Waals surface area (Å²) in [7, 11) is -6.09. The van der Waals surface area contributed by atoms with Crippen molar-refractivity contribution in [3.8, 4) is 12.3 Å². The molecule has 0 atom stereocenters. The van der Waals surface area contributed by atoms with Gasteiger partial charge in [0.05, 0.1) is 0 Å². The van der Waals surface area contributed by atoms with Gasteiger partial charge in [-0.15, -0.1) is 6.42 Å². The summed E-state index contributed by atoms with van der Waals surface area (Å²) in [5.74, 6) is 2.69. The molecule has 2 aromatic rings. The van der Waals surface area contributed by atoms with Crippen molar-refractivity contribution < 1.29 is 30.7 Å². The number of pyridine rings is 1. The smallest absolute Gasteiger partial charge is 0.485 e. The number of rotatable bonds is 4. The van der Waals surface area contributed by atoms with Crippen molar-refractivity contribution in [3.05, 3.63) is 66.0 Å². The number of terminal acetylenes is 1. The zero-order valence-electron chi connectivity index (χ0n) is 13.1. The van der Waals surface area contributed by atoms with E-state index in [1.165, 1.54) is 11.3 Å².